The van der Waals surface area contributed by atoms with Crippen LogP contribution in [0.5, 0.6) is 5.88 Å². The predicted molar refractivity (Wildman–Crippen MR) is 131 cm³/mol. The van der Waals surface area contributed by atoms with Crippen LogP contribution in [-0.4, -0.2) is 44.4 Å². The van der Waals surface area contributed by atoms with Crippen LogP contribution in [-0.2, 0) is 9.16 Å². The molecule has 0 aromatic carbocycles. The molecular formula is C23H35ClN2O5Si. The van der Waals surface area contributed by atoms with Gasteiger partial charge in [-0.1, -0.05) is 46.2 Å². The number of methoxy groups -OCH3 is 1. The van der Waals surface area contributed by atoms with Crippen LogP contribution in [0.3, 0.4) is 0 Å². The Bertz CT molecular complexity index is 1030. The van der Waals surface area contributed by atoms with Crippen molar-refractivity contribution in [3.05, 3.63) is 33.1 Å². The molecule has 0 fully saturated rings. The molecular weight excluding hydrogens is 448 g/mol. The number of fused-ring (bicyclic) bond motifs is 1. The van der Waals surface area contributed by atoms with Crippen LogP contribution >= 0.6 is 11.6 Å². The summed E-state index contributed by atoms with van der Waals surface area (Å²) in [5.41, 5.74) is -0.155. The van der Waals surface area contributed by atoms with Crippen molar-refractivity contribution in [3.63, 3.8) is 0 Å². The van der Waals surface area contributed by atoms with Crippen LogP contribution in [0.4, 0.5) is 0 Å². The molecule has 0 aliphatic rings. The molecule has 2 aromatic rings. The van der Waals surface area contributed by atoms with Gasteiger partial charge in [0.15, 0.2) is 9.04 Å². The summed E-state index contributed by atoms with van der Waals surface area (Å²) in [5, 5.41) is 0.283. The second-order valence-corrected chi connectivity index (χ2v) is 12.3. The first-order valence-electron chi connectivity index (χ1n) is 10.9. The van der Waals surface area contributed by atoms with E-state index in [1.807, 2.05) is 4.57 Å². The summed E-state index contributed by atoms with van der Waals surface area (Å²) in [6.07, 6.45) is 1.40. The summed E-state index contributed by atoms with van der Waals surface area (Å²) in [7, 11) is 0.0162. The number of esters is 1. The standard InChI is InChI=1S/C23H35ClN2O5Si/c1-10-30-22(28)14-12-26(16-11-15(24)21(29-7)25-17(16)19(14)27)18(13(2)3)20(23(4,5)6)31-32(8)9/h11-13,18,20,32H,10H2,1-9H3/t18-,20?/m0/s1. The monoisotopic (exact) mass is 482 g/mol. The highest BCUT2D eigenvalue weighted by Gasteiger charge is 2.38. The zero-order valence-corrected chi connectivity index (χ0v) is 22.4. The fourth-order valence-corrected chi connectivity index (χ4v) is 5.25. The van der Waals surface area contributed by atoms with Gasteiger partial charge in [0.05, 0.1) is 31.4 Å². The van der Waals surface area contributed by atoms with Crippen molar-refractivity contribution in [3.8, 4) is 5.88 Å². The summed E-state index contributed by atoms with van der Waals surface area (Å²) < 4.78 is 18.9. The Morgan fingerprint density at radius 1 is 1.28 bits per heavy atom. The molecule has 1 unspecified atom stereocenters. The minimum atomic E-state index is -1.42. The van der Waals surface area contributed by atoms with Gasteiger partial charge < -0.3 is 18.5 Å². The quantitative estimate of drug-likeness (QED) is 0.395. The Labute approximate surface area is 196 Å². The Hall–Kier alpha value is -1.90. The average molecular weight is 483 g/mol. The zero-order valence-electron chi connectivity index (χ0n) is 20.5. The maximum atomic E-state index is 13.2. The van der Waals surface area contributed by atoms with E-state index in [2.05, 4.69) is 52.7 Å². The van der Waals surface area contributed by atoms with Gasteiger partial charge in [-0.05, 0) is 37.4 Å². The SMILES string of the molecule is CCOC(=O)c1cn([C@@H](C(C)C)C(O[SiH](C)C)C(C)(C)C)c2cc(Cl)c(OC)nc2c1=O. The highest BCUT2D eigenvalue weighted by molar-refractivity contribution is 6.48. The van der Waals surface area contributed by atoms with Crippen molar-refractivity contribution >= 4 is 37.6 Å². The van der Waals surface area contributed by atoms with Gasteiger partial charge in [0.25, 0.3) is 0 Å². The molecule has 2 heterocycles. The van der Waals surface area contributed by atoms with Gasteiger partial charge >= 0.3 is 5.97 Å². The normalized spacial score (nSPS) is 14.1. The van der Waals surface area contributed by atoms with Crippen molar-refractivity contribution in [2.24, 2.45) is 11.3 Å². The van der Waals surface area contributed by atoms with Crippen molar-refractivity contribution in [2.45, 2.75) is 66.8 Å². The molecule has 0 saturated carbocycles. The first-order valence-corrected chi connectivity index (χ1v) is 14.1. The molecule has 2 atom stereocenters. The number of carbonyl (C=O) groups excluding carboxylic acids is 1. The molecule has 0 radical (unpaired) electrons. The van der Waals surface area contributed by atoms with E-state index in [-0.39, 0.29) is 52.1 Å². The number of nitrogens with zero attached hydrogens (tertiary/aromatic N) is 2. The fourth-order valence-electron chi connectivity index (χ4n) is 3.87. The summed E-state index contributed by atoms with van der Waals surface area (Å²) in [5.74, 6) is -0.436. The molecule has 0 N–H and O–H groups in total. The van der Waals surface area contributed by atoms with E-state index >= 15 is 0 Å². The third-order valence-electron chi connectivity index (χ3n) is 5.21. The molecule has 0 bridgehead atoms. The lowest BCUT2D eigenvalue weighted by atomic mass is 9.80. The van der Waals surface area contributed by atoms with Crippen molar-refractivity contribution in [1.82, 2.24) is 9.55 Å². The number of hydrogen-bond acceptors (Lipinski definition) is 6. The summed E-state index contributed by atoms with van der Waals surface area (Å²) in [6, 6.07) is 1.48. The Balaban J connectivity index is 2.96. The molecule has 32 heavy (non-hydrogen) atoms. The molecule has 0 amide bonds. The number of halogens is 1. The number of pyridine rings is 2. The Morgan fingerprint density at radius 3 is 2.38 bits per heavy atom. The van der Waals surface area contributed by atoms with Crippen LogP contribution < -0.4 is 10.2 Å². The molecule has 0 spiro atoms. The smallest absolute Gasteiger partial charge is 0.343 e. The third-order valence-corrected chi connectivity index (χ3v) is 6.31. The van der Waals surface area contributed by atoms with E-state index in [9.17, 15) is 9.59 Å². The van der Waals surface area contributed by atoms with E-state index < -0.39 is 20.4 Å². The van der Waals surface area contributed by atoms with Gasteiger partial charge in [0.2, 0.25) is 11.3 Å². The van der Waals surface area contributed by atoms with Gasteiger partial charge in [0, 0.05) is 6.20 Å². The molecule has 2 aromatic heterocycles. The van der Waals surface area contributed by atoms with E-state index in [1.54, 1.807) is 19.2 Å². The summed E-state index contributed by atoms with van der Waals surface area (Å²) >= 11 is 6.40. The molecule has 0 saturated heterocycles. The first-order chi connectivity index (χ1) is 14.8. The number of ether oxygens (including phenoxy) is 2. The highest BCUT2D eigenvalue weighted by atomic mass is 35.5. The van der Waals surface area contributed by atoms with Gasteiger partial charge in [-0.25, -0.2) is 9.78 Å². The zero-order chi connectivity index (χ0) is 24.4. The molecule has 178 valence electrons. The van der Waals surface area contributed by atoms with Gasteiger partial charge in [-0.2, -0.15) is 0 Å². The molecule has 9 heteroatoms. The fraction of sp³-hybridized carbons (Fsp3) is 0.609. The van der Waals surface area contributed by atoms with Gasteiger partial charge in [-0.15, -0.1) is 0 Å². The van der Waals surface area contributed by atoms with E-state index in [0.717, 1.165) is 0 Å². The second kappa shape index (κ2) is 10.4. The van der Waals surface area contributed by atoms with Crippen LogP contribution in [0, 0.1) is 11.3 Å². The lowest BCUT2D eigenvalue weighted by Gasteiger charge is -2.42. The van der Waals surface area contributed by atoms with Crippen molar-refractivity contribution in [1.29, 1.82) is 0 Å². The molecule has 7 nitrogen and oxygen atoms in total. The van der Waals surface area contributed by atoms with E-state index in [1.165, 1.54) is 7.11 Å². The summed E-state index contributed by atoms with van der Waals surface area (Å²) in [4.78, 5) is 30.2. The maximum absolute atomic E-state index is 13.2. The first kappa shape index (κ1) is 26.4. The topological polar surface area (TPSA) is 79.7 Å². The maximum Gasteiger partial charge on any atom is 0.343 e. The minimum Gasteiger partial charge on any atom is -0.480 e. The van der Waals surface area contributed by atoms with Gasteiger partial charge in [0.1, 0.15) is 16.1 Å². The largest absolute Gasteiger partial charge is 0.480 e. The number of aromatic nitrogens is 2. The Morgan fingerprint density at radius 2 is 1.91 bits per heavy atom. The number of hydrogen-bond donors (Lipinski definition) is 0. The summed E-state index contributed by atoms with van der Waals surface area (Å²) in [6.45, 7) is 16.7. The Kier molecular flexibility index (Phi) is 8.53. The average Bonchev–Trinajstić information content (AvgIpc) is 2.67. The van der Waals surface area contributed by atoms with E-state index in [0.29, 0.717) is 5.52 Å². The van der Waals surface area contributed by atoms with Crippen LogP contribution in [0.1, 0.15) is 57.9 Å². The van der Waals surface area contributed by atoms with Crippen molar-refractivity contribution in [2.75, 3.05) is 13.7 Å². The number of rotatable bonds is 8. The highest BCUT2D eigenvalue weighted by Crippen LogP contribution is 2.38. The number of carbonyl (C=O) groups is 1. The van der Waals surface area contributed by atoms with Crippen LogP contribution in [0.2, 0.25) is 18.1 Å². The third kappa shape index (κ3) is 5.53. The molecule has 0 aliphatic heterocycles. The predicted octanol–water partition coefficient (Wildman–Crippen LogP) is 4.85. The lowest BCUT2D eigenvalue weighted by molar-refractivity contribution is 0.0212. The molecule has 0 aliphatic carbocycles. The molecule has 2 rings (SSSR count). The second-order valence-electron chi connectivity index (χ2n) is 9.55. The lowest BCUT2D eigenvalue weighted by Crippen LogP contribution is -2.43. The van der Waals surface area contributed by atoms with Crippen molar-refractivity contribution < 1.29 is 18.7 Å². The van der Waals surface area contributed by atoms with Crippen LogP contribution in [0.25, 0.3) is 11.0 Å². The van der Waals surface area contributed by atoms with Gasteiger partial charge in [-0.3, -0.25) is 4.79 Å². The van der Waals surface area contributed by atoms with E-state index in [4.69, 9.17) is 25.5 Å². The minimum absolute atomic E-state index is 0.0728. The van der Waals surface area contributed by atoms with Crippen LogP contribution in [0.15, 0.2) is 17.1 Å².